The summed E-state index contributed by atoms with van der Waals surface area (Å²) in [5.41, 5.74) is 0.991. The standard InChI is InChI=1S/C15H18N6O2/c1-11-4-6-22-14(11)15-19-18-13(23-15)8-20-5-2-3-12(20)7-21-10-16-9-17-21/h4,6,9-10,12H,2-3,5,7-8H2,1H3/t12-/m0/s1. The quantitative estimate of drug-likeness (QED) is 0.710. The van der Waals surface area contributed by atoms with E-state index in [-0.39, 0.29) is 0 Å². The number of hydrogen-bond acceptors (Lipinski definition) is 7. The minimum absolute atomic E-state index is 0.414. The van der Waals surface area contributed by atoms with Crippen LogP contribution in [0, 0.1) is 6.92 Å². The third-order valence-electron chi connectivity index (χ3n) is 4.22. The second-order valence-corrected chi connectivity index (χ2v) is 5.82. The van der Waals surface area contributed by atoms with Crippen molar-refractivity contribution in [3.8, 4) is 11.7 Å². The molecular weight excluding hydrogens is 296 g/mol. The molecule has 4 rings (SSSR count). The van der Waals surface area contributed by atoms with Gasteiger partial charge in [-0.05, 0) is 32.4 Å². The van der Waals surface area contributed by atoms with E-state index in [1.54, 1.807) is 18.9 Å². The molecule has 3 aromatic rings. The molecule has 23 heavy (non-hydrogen) atoms. The fourth-order valence-electron chi connectivity index (χ4n) is 3.03. The summed E-state index contributed by atoms with van der Waals surface area (Å²) in [7, 11) is 0. The third-order valence-corrected chi connectivity index (χ3v) is 4.22. The molecule has 0 N–H and O–H groups in total. The first-order valence-corrected chi connectivity index (χ1v) is 7.73. The van der Waals surface area contributed by atoms with Gasteiger partial charge in [-0.15, -0.1) is 10.2 Å². The van der Waals surface area contributed by atoms with Crippen LogP contribution in [0.25, 0.3) is 11.7 Å². The molecule has 1 atom stereocenters. The molecule has 0 aromatic carbocycles. The van der Waals surface area contributed by atoms with Crippen LogP contribution in [0.3, 0.4) is 0 Å². The fourth-order valence-corrected chi connectivity index (χ4v) is 3.03. The van der Waals surface area contributed by atoms with Crippen molar-refractivity contribution >= 4 is 0 Å². The van der Waals surface area contributed by atoms with E-state index in [4.69, 9.17) is 8.83 Å². The third kappa shape index (κ3) is 2.89. The SMILES string of the molecule is Cc1ccoc1-c1nnc(CN2CCC[C@H]2Cn2cncn2)o1. The van der Waals surface area contributed by atoms with E-state index >= 15 is 0 Å². The van der Waals surface area contributed by atoms with Gasteiger partial charge in [-0.3, -0.25) is 9.58 Å². The highest BCUT2D eigenvalue weighted by Crippen LogP contribution is 2.25. The van der Waals surface area contributed by atoms with E-state index in [2.05, 4.69) is 25.2 Å². The molecule has 0 aliphatic carbocycles. The van der Waals surface area contributed by atoms with Crippen LogP contribution in [0.1, 0.15) is 24.3 Å². The molecule has 0 amide bonds. The smallest absolute Gasteiger partial charge is 0.283 e. The molecule has 3 aromatic heterocycles. The van der Waals surface area contributed by atoms with Crippen LogP contribution in [0.5, 0.6) is 0 Å². The lowest BCUT2D eigenvalue weighted by atomic mass is 10.2. The van der Waals surface area contributed by atoms with E-state index in [0.29, 0.717) is 30.1 Å². The molecule has 1 aliphatic rings. The maximum absolute atomic E-state index is 5.76. The lowest BCUT2D eigenvalue weighted by Crippen LogP contribution is -2.32. The van der Waals surface area contributed by atoms with Crippen LogP contribution < -0.4 is 0 Å². The van der Waals surface area contributed by atoms with Crippen molar-refractivity contribution < 1.29 is 8.83 Å². The minimum Gasteiger partial charge on any atom is -0.459 e. The zero-order valence-electron chi connectivity index (χ0n) is 12.9. The number of aromatic nitrogens is 5. The molecule has 1 fully saturated rings. The first-order valence-electron chi connectivity index (χ1n) is 7.73. The van der Waals surface area contributed by atoms with Crippen LogP contribution >= 0.6 is 0 Å². The zero-order chi connectivity index (χ0) is 15.6. The van der Waals surface area contributed by atoms with Crippen molar-refractivity contribution in [3.05, 3.63) is 36.4 Å². The molecule has 8 nitrogen and oxygen atoms in total. The predicted octanol–water partition coefficient (Wildman–Crippen LogP) is 1.89. The Hall–Kier alpha value is -2.48. The molecular formula is C15H18N6O2. The number of furan rings is 1. The summed E-state index contributed by atoms with van der Waals surface area (Å²) in [5, 5.41) is 12.4. The summed E-state index contributed by atoms with van der Waals surface area (Å²) in [6.45, 7) is 4.46. The Morgan fingerprint density at radius 3 is 3.09 bits per heavy atom. The monoisotopic (exact) mass is 314 g/mol. The van der Waals surface area contributed by atoms with Crippen LogP contribution in [0.2, 0.25) is 0 Å². The van der Waals surface area contributed by atoms with Gasteiger partial charge in [0.1, 0.15) is 12.7 Å². The molecule has 0 saturated carbocycles. The van der Waals surface area contributed by atoms with Crippen LogP contribution in [0.15, 0.2) is 33.8 Å². The predicted molar refractivity (Wildman–Crippen MR) is 80.2 cm³/mol. The van der Waals surface area contributed by atoms with Gasteiger partial charge in [0.2, 0.25) is 5.89 Å². The summed E-state index contributed by atoms with van der Waals surface area (Å²) in [4.78, 5) is 6.35. The largest absolute Gasteiger partial charge is 0.459 e. The average Bonchev–Trinajstić information content (AvgIpc) is 3.30. The minimum atomic E-state index is 0.414. The Morgan fingerprint density at radius 2 is 2.30 bits per heavy atom. The second-order valence-electron chi connectivity index (χ2n) is 5.82. The Balaban J connectivity index is 1.45. The summed E-state index contributed by atoms with van der Waals surface area (Å²) in [6, 6.07) is 2.30. The van der Waals surface area contributed by atoms with E-state index in [0.717, 1.165) is 31.5 Å². The van der Waals surface area contributed by atoms with Gasteiger partial charge in [-0.2, -0.15) is 5.10 Å². The van der Waals surface area contributed by atoms with Crippen molar-refractivity contribution in [2.75, 3.05) is 6.54 Å². The normalized spacial score (nSPS) is 18.7. The lowest BCUT2D eigenvalue weighted by Gasteiger charge is -2.22. The molecule has 0 spiro atoms. The summed E-state index contributed by atoms with van der Waals surface area (Å²) < 4.78 is 13.0. The van der Waals surface area contributed by atoms with Gasteiger partial charge < -0.3 is 8.83 Å². The highest BCUT2D eigenvalue weighted by atomic mass is 16.4. The summed E-state index contributed by atoms with van der Waals surface area (Å²) >= 11 is 0. The van der Waals surface area contributed by atoms with Gasteiger partial charge in [-0.1, -0.05) is 0 Å². The number of rotatable bonds is 5. The Labute approximate surface area is 133 Å². The van der Waals surface area contributed by atoms with Crippen molar-refractivity contribution in [2.45, 2.75) is 38.9 Å². The summed E-state index contributed by atoms with van der Waals surface area (Å²) in [6.07, 6.45) is 7.25. The zero-order valence-corrected chi connectivity index (χ0v) is 12.9. The molecule has 0 bridgehead atoms. The van der Waals surface area contributed by atoms with Crippen LogP contribution in [-0.2, 0) is 13.1 Å². The van der Waals surface area contributed by atoms with Crippen LogP contribution in [-0.4, -0.2) is 42.4 Å². The van der Waals surface area contributed by atoms with E-state index in [9.17, 15) is 0 Å². The Kier molecular flexibility index (Phi) is 3.66. The Morgan fingerprint density at radius 1 is 1.35 bits per heavy atom. The summed E-state index contributed by atoms with van der Waals surface area (Å²) in [5.74, 6) is 1.69. The maximum Gasteiger partial charge on any atom is 0.283 e. The molecule has 120 valence electrons. The van der Waals surface area contributed by atoms with Crippen molar-refractivity contribution in [2.24, 2.45) is 0 Å². The molecule has 1 saturated heterocycles. The number of likely N-dealkylation sites (tertiary alicyclic amines) is 1. The van der Waals surface area contributed by atoms with E-state index < -0.39 is 0 Å². The highest BCUT2D eigenvalue weighted by Gasteiger charge is 2.27. The molecule has 1 aliphatic heterocycles. The van der Waals surface area contributed by atoms with E-state index in [1.807, 2.05) is 17.7 Å². The first kappa shape index (κ1) is 14.1. The van der Waals surface area contributed by atoms with Crippen molar-refractivity contribution in [3.63, 3.8) is 0 Å². The topological polar surface area (TPSA) is 86.0 Å². The number of aryl methyl sites for hydroxylation is 1. The average molecular weight is 314 g/mol. The molecule has 0 unspecified atom stereocenters. The van der Waals surface area contributed by atoms with Crippen molar-refractivity contribution in [1.82, 2.24) is 29.9 Å². The number of hydrogen-bond donors (Lipinski definition) is 0. The van der Waals surface area contributed by atoms with Gasteiger partial charge in [0.25, 0.3) is 5.89 Å². The van der Waals surface area contributed by atoms with Crippen LogP contribution in [0.4, 0.5) is 0 Å². The molecule has 4 heterocycles. The molecule has 8 heteroatoms. The van der Waals surface area contributed by atoms with Gasteiger partial charge >= 0.3 is 0 Å². The van der Waals surface area contributed by atoms with E-state index in [1.165, 1.54) is 0 Å². The highest BCUT2D eigenvalue weighted by molar-refractivity contribution is 5.49. The second kappa shape index (κ2) is 5.96. The van der Waals surface area contributed by atoms with Crippen molar-refractivity contribution in [1.29, 1.82) is 0 Å². The lowest BCUT2D eigenvalue weighted by molar-refractivity contribution is 0.200. The number of nitrogens with zero attached hydrogens (tertiary/aromatic N) is 6. The van der Waals surface area contributed by atoms with Gasteiger partial charge in [-0.25, -0.2) is 4.98 Å². The van der Waals surface area contributed by atoms with Gasteiger partial charge in [0.15, 0.2) is 5.76 Å². The first-order chi connectivity index (χ1) is 11.3. The van der Waals surface area contributed by atoms with Gasteiger partial charge in [0, 0.05) is 11.6 Å². The fraction of sp³-hybridized carbons (Fsp3) is 0.467. The Bertz CT molecular complexity index is 763. The maximum atomic E-state index is 5.76. The van der Waals surface area contributed by atoms with Gasteiger partial charge in [0.05, 0.1) is 19.4 Å². The molecule has 0 radical (unpaired) electrons.